The number of nitrogens with zero attached hydrogens (tertiary/aromatic N) is 2. The second-order valence-electron chi connectivity index (χ2n) is 6.51. The van der Waals surface area contributed by atoms with Crippen LogP contribution in [0.1, 0.15) is 42.5 Å². The molecular weight excluding hydrogens is 290 g/mol. The minimum absolute atomic E-state index is 0.351. The summed E-state index contributed by atoms with van der Waals surface area (Å²) in [5, 5.41) is 0. The summed E-state index contributed by atoms with van der Waals surface area (Å²) >= 11 is 0. The van der Waals surface area contributed by atoms with E-state index in [9.17, 15) is 4.79 Å². The van der Waals surface area contributed by atoms with E-state index in [4.69, 9.17) is 10.5 Å². The zero-order valence-corrected chi connectivity index (χ0v) is 13.7. The number of benzene rings is 1. The number of hydrogen-bond acceptors (Lipinski definition) is 4. The molecular formula is C18H27N3O2. The van der Waals surface area contributed by atoms with Gasteiger partial charge < -0.3 is 15.4 Å². The first-order chi connectivity index (χ1) is 11.3. The number of rotatable bonds is 5. The molecule has 0 unspecified atom stereocenters. The van der Waals surface area contributed by atoms with Crippen LogP contribution in [0.15, 0.2) is 24.3 Å². The van der Waals surface area contributed by atoms with E-state index >= 15 is 0 Å². The highest BCUT2D eigenvalue weighted by atomic mass is 16.5. The van der Waals surface area contributed by atoms with E-state index in [1.54, 1.807) is 0 Å². The minimum Gasteiger partial charge on any atom is -0.381 e. The third kappa shape index (κ3) is 4.03. The Balaban J connectivity index is 1.85. The molecule has 2 fully saturated rings. The van der Waals surface area contributed by atoms with Gasteiger partial charge in [-0.25, -0.2) is 0 Å². The topological polar surface area (TPSA) is 58.8 Å². The third-order valence-corrected chi connectivity index (χ3v) is 4.91. The monoisotopic (exact) mass is 317 g/mol. The molecule has 5 heteroatoms. The fourth-order valence-corrected chi connectivity index (χ4v) is 3.63. The third-order valence-electron chi connectivity index (χ3n) is 4.91. The molecule has 0 saturated carbocycles. The van der Waals surface area contributed by atoms with Crippen molar-refractivity contribution in [1.29, 1.82) is 0 Å². The van der Waals surface area contributed by atoms with Gasteiger partial charge in [0.25, 0.3) is 5.91 Å². The van der Waals surface area contributed by atoms with Crippen LogP contribution in [0.5, 0.6) is 0 Å². The number of nitrogens with two attached hydrogens (primary N) is 1. The van der Waals surface area contributed by atoms with Crippen molar-refractivity contribution in [3.63, 3.8) is 0 Å². The van der Waals surface area contributed by atoms with E-state index < -0.39 is 0 Å². The van der Waals surface area contributed by atoms with Crippen molar-refractivity contribution in [2.75, 3.05) is 37.9 Å². The van der Waals surface area contributed by atoms with Gasteiger partial charge in [0.15, 0.2) is 0 Å². The molecule has 3 rings (SSSR count). The normalized spacial score (nSPS) is 20.3. The van der Waals surface area contributed by atoms with Crippen LogP contribution in [0.25, 0.3) is 0 Å². The van der Waals surface area contributed by atoms with Gasteiger partial charge in [-0.2, -0.15) is 0 Å². The summed E-state index contributed by atoms with van der Waals surface area (Å²) in [5.41, 5.74) is 7.20. The standard InChI is InChI=1S/C18H27N3O2/c19-18(22)16-6-2-3-7-17(16)21(15-8-12-23-13-9-15)14-20-10-4-1-5-11-20/h2-3,6-7,15H,1,4-5,8-14H2,(H2,19,22). The molecule has 2 saturated heterocycles. The predicted molar refractivity (Wildman–Crippen MR) is 91.6 cm³/mol. The van der Waals surface area contributed by atoms with Crippen molar-refractivity contribution in [1.82, 2.24) is 4.90 Å². The molecule has 1 amide bonds. The largest absolute Gasteiger partial charge is 0.381 e. The summed E-state index contributed by atoms with van der Waals surface area (Å²) in [6.07, 6.45) is 5.85. The minimum atomic E-state index is -0.351. The first-order valence-electron chi connectivity index (χ1n) is 8.71. The highest BCUT2D eigenvalue weighted by molar-refractivity contribution is 5.98. The van der Waals surface area contributed by atoms with Gasteiger partial charge in [0.1, 0.15) is 0 Å². The molecule has 2 heterocycles. The summed E-state index contributed by atoms with van der Waals surface area (Å²) in [6.45, 7) is 4.73. The Kier molecular flexibility index (Phi) is 5.51. The van der Waals surface area contributed by atoms with Crippen LogP contribution in [0.4, 0.5) is 5.69 Å². The van der Waals surface area contributed by atoms with Gasteiger partial charge in [-0.15, -0.1) is 0 Å². The van der Waals surface area contributed by atoms with Crippen LogP contribution in [0, 0.1) is 0 Å². The Hall–Kier alpha value is -1.59. The maximum atomic E-state index is 11.9. The van der Waals surface area contributed by atoms with Crippen molar-refractivity contribution in [2.45, 2.75) is 38.1 Å². The average molecular weight is 317 g/mol. The fourth-order valence-electron chi connectivity index (χ4n) is 3.63. The molecule has 0 radical (unpaired) electrons. The Bertz CT molecular complexity index is 523. The molecule has 1 aromatic carbocycles. The molecule has 0 aliphatic carbocycles. The lowest BCUT2D eigenvalue weighted by atomic mass is 10.0. The maximum absolute atomic E-state index is 11.9. The van der Waals surface area contributed by atoms with Crippen LogP contribution < -0.4 is 10.6 Å². The summed E-state index contributed by atoms with van der Waals surface area (Å²) in [4.78, 5) is 16.7. The summed E-state index contributed by atoms with van der Waals surface area (Å²) in [5.74, 6) is -0.351. The molecule has 0 spiro atoms. The van der Waals surface area contributed by atoms with Crippen LogP contribution in [-0.4, -0.2) is 49.8 Å². The molecule has 126 valence electrons. The van der Waals surface area contributed by atoms with Crippen molar-refractivity contribution < 1.29 is 9.53 Å². The summed E-state index contributed by atoms with van der Waals surface area (Å²) < 4.78 is 5.52. The Morgan fingerprint density at radius 1 is 1.17 bits per heavy atom. The number of amides is 1. The number of carbonyl (C=O) groups is 1. The van der Waals surface area contributed by atoms with Gasteiger partial charge in [-0.3, -0.25) is 9.69 Å². The van der Waals surface area contributed by atoms with Crippen molar-refractivity contribution in [3.8, 4) is 0 Å². The second-order valence-corrected chi connectivity index (χ2v) is 6.51. The van der Waals surface area contributed by atoms with E-state index in [-0.39, 0.29) is 5.91 Å². The van der Waals surface area contributed by atoms with Gasteiger partial charge in [-0.1, -0.05) is 18.6 Å². The number of para-hydroxylation sites is 1. The lowest BCUT2D eigenvalue weighted by Crippen LogP contribution is -2.48. The summed E-state index contributed by atoms with van der Waals surface area (Å²) in [7, 11) is 0. The van der Waals surface area contributed by atoms with Crippen molar-refractivity contribution >= 4 is 11.6 Å². The van der Waals surface area contributed by atoms with Crippen LogP contribution in [0.2, 0.25) is 0 Å². The number of carbonyl (C=O) groups excluding carboxylic acids is 1. The average Bonchev–Trinajstić information content (AvgIpc) is 2.61. The zero-order chi connectivity index (χ0) is 16.1. The van der Waals surface area contributed by atoms with E-state index in [0.29, 0.717) is 11.6 Å². The number of anilines is 1. The first-order valence-corrected chi connectivity index (χ1v) is 8.71. The molecule has 5 nitrogen and oxygen atoms in total. The molecule has 2 aliphatic heterocycles. The zero-order valence-electron chi connectivity index (χ0n) is 13.7. The molecule has 1 aromatic rings. The highest BCUT2D eigenvalue weighted by Gasteiger charge is 2.26. The van der Waals surface area contributed by atoms with Crippen LogP contribution >= 0.6 is 0 Å². The molecule has 2 aliphatic rings. The van der Waals surface area contributed by atoms with E-state index in [0.717, 1.165) is 51.5 Å². The maximum Gasteiger partial charge on any atom is 0.250 e. The van der Waals surface area contributed by atoms with E-state index in [1.165, 1.54) is 19.3 Å². The van der Waals surface area contributed by atoms with Gasteiger partial charge in [-0.05, 0) is 50.9 Å². The lowest BCUT2D eigenvalue weighted by molar-refractivity contribution is 0.0802. The Morgan fingerprint density at radius 2 is 1.87 bits per heavy atom. The number of ether oxygens (including phenoxy) is 1. The van der Waals surface area contributed by atoms with Crippen LogP contribution in [-0.2, 0) is 4.74 Å². The quantitative estimate of drug-likeness (QED) is 0.904. The number of piperidine rings is 1. The molecule has 0 bridgehead atoms. The first kappa shape index (κ1) is 16.3. The smallest absolute Gasteiger partial charge is 0.250 e. The van der Waals surface area contributed by atoms with Crippen molar-refractivity contribution in [2.24, 2.45) is 5.73 Å². The SMILES string of the molecule is NC(=O)c1ccccc1N(CN1CCCCC1)C1CCOCC1. The lowest BCUT2D eigenvalue weighted by Gasteiger charge is -2.41. The number of likely N-dealkylation sites (tertiary alicyclic amines) is 1. The Labute approximate surface area is 138 Å². The number of hydrogen-bond donors (Lipinski definition) is 1. The summed E-state index contributed by atoms with van der Waals surface area (Å²) in [6, 6.07) is 8.14. The van der Waals surface area contributed by atoms with Gasteiger partial charge in [0.2, 0.25) is 0 Å². The van der Waals surface area contributed by atoms with Crippen molar-refractivity contribution in [3.05, 3.63) is 29.8 Å². The predicted octanol–water partition coefficient (Wildman–Crippen LogP) is 2.21. The molecule has 0 atom stereocenters. The molecule has 23 heavy (non-hydrogen) atoms. The fraction of sp³-hybridized carbons (Fsp3) is 0.611. The van der Waals surface area contributed by atoms with Gasteiger partial charge >= 0.3 is 0 Å². The molecule has 2 N–H and O–H groups in total. The van der Waals surface area contributed by atoms with E-state index in [1.807, 2.05) is 24.3 Å². The molecule has 0 aromatic heterocycles. The Morgan fingerprint density at radius 3 is 2.57 bits per heavy atom. The van der Waals surface area contributed by atoms with Gasteiger partial charge in [0.05, 0.1) is 17.9 Å². The highest BCUT2D eigenvalue weighted by Crippen LogP contribution is 2.27. The van der Waals surface area contributed by atoms with Crippen LogP contribution in [0.3, 0.4) is 0 Å². The van der Waals surface area contributed by atoms with Gasteiger partial charge in [0, 0.05) is 19.3 Å². The second kappa shape index (κ2) is 7.79. The number of primary amides is 1. The van der Waals surface area contributed by atoms with E-state index in [2.05, 4.69) is 9.80 Å².